The van der Waals surface area contributed by atoms with Gasteiger partial charge in [0.1, 0.15) is 0 Å². The van der Waals surface area contributed by atoms with E-state index in [2.05, 4.69) is 5.48 Å². The molecule has 0 saturated heterocycles. The highest BCUT2D eigenvalue weighted by Gasteiger charge is 2.00. The average molecular weight is 175 g/mol. The van der Waals surface area contributed by atoms with Gasteiger partial charge in [-0.2, -0.15) is 0 Å². The Balaban J connectivity index is 3.20. The molecule has 0 saturated carbocycles. The van der Waals surface area contributed by atoms with Crippen LogP contribution in [0.25, 0.3) is 0 Å². The summed E-state index contributed by atoms with van der Waals surface area (Å²) in [7, 11) is 1.56. The van der Waals surface area contributed by atoms with Crippen molar-refractivity contribution in [1.82, 2.24) is 5.48 Å². The highest BCUT2D eigenvalue weighted by molar-refractivity contribution is 5.74. The van der Waals surface area contributed by atoms with Gasteiger partial charge in [0.2, 0.25) is 5.91 Å². The number of hydrogen-bond acceptors (Lipinski definition) is 3. The van der Waals surface area contributed by atoms with Gasteiger partial charge in [-0.1, -0.05) is 13.8 Å². The third kappa shape index (κ3) is 7.50. The summed E-state index contributed by atoms with van der Waals surface area (Å²) in [5.74, 6) is 0.283. The van der Waals surface area contributed by atoms with Gasteiger partial charge >= 0.3 is 0 Å². The van der Waals surface area contributed by atoms with Gasteiger partial charge in [0.15, 0.2) is 0 Å². The number of carbonyl (C=O) groups excluding carboxylic acids is 1. The van der Waals surface area contributed by atoms with E-state index in [9.17, 15) is 4.79 Å². The molecule has 0 unspecified atom stereocenters. The molecule has 12 heavy (non-hydrogen) atoms. The highest BCUT2D eigenvalue weighted by Crippen LogP contribution is 1.90. The fourth-order valence-corrected chi connectivity index (χ4v) is 0.535. The molecule has 0 aromatic rings. The monoisotopic (exact) mass is 175 g/mol. The Hall–Kier alpha value is -0.610. The van der Waals surface area contributed by atoms with E-state index in [1.807, 2.05) is 13.8 Å². The second-order valence-corrected chi connectivity index (χ2v) is 2.97. The standard InChI is InChI=1S/C8H17NO3/c1-7(2)6-12-9-8(10)4-5-11-3/h7H,4-6H2,1-3H3,(H,9,10). The Labute approximate surface area is 73.2 Å². The second-order valence-electron chi connectivity index (χ2n) is 2.97. The fourth-order valence-electron chi connectivity index (χ4n) is 0.535. The predicted molar refractivity (Wildman–Crippen MR) is 45.4 cm³/mol. The molecule has 0 aromatic carbocycles. The summed E-state index contributed by atoms with van der Waals surface area (Å²) in [5, 5.41) is 0. The van der Waals surface area contributed by atoms with Crippen LogP contribution in [0.1, 0.15) is 20.3 Å². The predicted octanol–water partition coefficient (Wildman–Crippen LogP) is 0.727. The number of carbonyl (C=O) groups is 1. The van der Waals surface area contributed by atoms with Crippen LogP contribution in [0.15, 0.2) is 0 Å². The SMILES string of the molecule is COCCC(=O)NOCC(C)C. The van der Waals surface area contributed by atoms with E-state index < -0.39 is 0 Å². The van der Waals surface area contributed by atoms with E-state index in [4.69, 9.17) is 9.57 Å². The van der Waals surface area contributed by atoms with Crippen LogP contribution in [-0.4, -0.2) is 26.2 Å². The molecule has 1 N–H and O–H groups in total. The van der Waals surface area contributed by atoms with Gasteiger partial charge in [0.05, 0.1) is 19.6 Å². The zero-order chi connectivity index (χ0) is 9.40. The first-order valence-corrected chi connectivity index (χ1v) is 4.06. The van der Waals surface area contributed by atoms with Gasteiger partial charge < -0.3 is 4.74 Å². The van der Waals surface area contributed by atoms with Crippen LogP contribution in [0.3, 0.4) is 0 Å². The molecule has 0 aliphatic rings. The minimum absolute atomic E-state index is 0.141. The van der Waals surface area contributed by atoms with Crippen molar-refractivity contribution in [2.45, 2.75) is 20.3 Å². The second kappa shape index (κ2) is 7.06. The number of ether oxygens (including phenoxy) is 1. The maximum absolute atomic E-state index is 10.9. The van der Waals surface area contributed by atoms with Crippen molar-refractivity contribution >= 4 is 5.91 Å². The third-order valence-electron chi connectivity index (χ3n) is 1.14. The maximum atomic E-state index is 10.9. The summed E-state index contributed by atoms with van der Waals surface area (Å²) in [4.78, 5) is 15.8. The van der Waals surface area contributed by atoms with Crippen LogP contribution in [0.4, 0.5) is 0 Å². The Morgan fingerprint density at radius 1 is 1.50 bits per heavy atom. The third-order valence-corrected chi connectivity index (χ3v) is 1.14. The molecule has 0 bridgehead atoms. The van der Waals surface area contributed by atoms with Gasteiger partial charge in [-0.25, -0.2) is 5.48 Å². The van der Waals surface area contributed by atoms with E-state index in [0.717, 1.165) is 0 Å². The number of amides is 1. The molecule has 0 radical (unpaired) electrons. The van der Waals surface area contributed by atoms with Gasteiger partial charge in [0.25, 0.3) is 0 Å². The Bertz CT molecular complexity index is 125. The average Bonchev–Trinajstić information content (AvgIpc) is 2.00. The van der Waals surface area contributed by atoms with E-state index >= 15 is 0 Å². The molecule has 0 aliphatic carbocycles. The first kappa shape index (κ1) is 11.4. The highest BCUT2D eigenvalue weighted by atomic mass is 16.7. The summed E-state index contributed by atoms with van der Waals surface area (Å²) < 4.78 is 4.72. The lowest BCUT2D eigenvalue weighted by Gasteiger charge is -2.06. The zero-order valence-corrected chi connectivity index (χ0v) is 7.92. The van der Waals surface area contributed by atoms with Crippen molar-refractivity contribution in [2.75, 3.05) is 20.3 Å². The molecular formula is C8H17NO3. The first-order chi connectivity index (χ1) is 5.66. The quantitative estimate of drug-likeness (QED) is 0.605. The number of nitrogens with one attached hydrogen (secondary N) is 1. The molecule has 4 heteroatoms. The summed E-state index contributed by atoms with van der Waals surface area (Å²) in [6, 6.07) is 0. The van der Waals surface area contributed by atoms with Crippen molar-refractivity contribution in [3.05, 3.63) is 0 Å². The van der Waals surface area contributed by atoms with Gasteiger partial charge in [-0.15, -0.1) is 0 Å². The summed E-state index contributed by atoms with van der Waals surface area (Å²) in [6.45, 7) is 5.00. The van der Waals surface area contributed by atoms with Crippen LogP contribution < -0.4 is 5.48 Å². The number of methoxy groups -OCH3 is 1. The smallest absolute Gasteiger partial charge is 0.245 e. The van der Waals surface area contributed by atoms with Crippen molar-refractivity contribution in [2.24, 2.45) is 5.92 Å². The molecule has 0 fully saturated rings. The van der Waals surface area contributed by atoms with Gasteiger partial charge in [-0.05, 0) is 5.92 Å². The molecule has 1 amide bonds. The number of rotatable bonds is 6. The van der Waals surface area contributed by atoms with Crippen molar-refractivity contribution < 1.29 is 14.4 Å². The minimum Gasteiger partial charge on any atom is -0.384 e. The lowest BCUT2D eigenvalue weighted by Crippen LogP contribution is -2.26. The van der Waals surface area contributed by atoms with Crippen molar-refractivity contribution in [3.63, 3.8) is 0 Å². The summed E-state index contributed by atoms with van der Waals surface area (Å²) in [5.41, 5.74) is 2.33. The summed E-state index contributed by atoms with van der Waals surface area (Å²) >= 11 is 0. The molecule has 0 atom stereocenters. The fraction of sp³-hybridized carbons (Fsp3) is 0.875. The summed E-state index contributed by atoms with van der Waals surface area (Å²) in [6.07, 6.45) is 0.342. The zero-order valence-electron chi connectivity index (χ0n) is 7.92. The topological polar surface area (TPSA) is 47.6 Å². The molecule has 0 rings (SSSR count). The molecule has 72 valence electrons. The van der Waals surface area contributed by atoms with Gasteiger partial charge in [0, 0.05) is 7.11 Å². The van der Waals surface area contributed by atoms with E-state index in [1.54, 1.807) is 7.11 Å². The lowest BCUT2D eigenvalue weighted by molar-refractivity contribution is -0.135. The van der Waals surface area contributed by atoms with Crippen LogP contribution >= 0.6 is 0 Å². The van der Waals surface area contributed by atoms with Crippen LogP contribution in [0.5, 0.6) is 0 Å². The first-order valence-electron chi connectivity index (χ1n) is 4.06. The molecule has 0 spiro atoms. The largest absolute Gasteiger partial charge is 0.384 e. The van der Waals surface area contributed by atoms with Crippen LogP contribution in [-0.2, 0) is 14.4 Å². The van der Waals surface area contributed by atoms with E-state index in [-0.39, 0.29) is 5.91 Å². The van der Waals surface area contributed by atoms with Crippen molar-refractivity contribution in [1.29, 1.82) is 0 Å². The van der Waals surface area contributed by atoms with Crippen LogP contribution in [0.2, 0.25) is 0 Å². The minimum atomic E-state index is -0.141. The molecule has 0 heterocycles. The molecule has 0 aromatic heterocycles. The Morgan fingerprint density at radius 2 is 2.17 bits per heavy atom. The molecular weight excluding hydrogens is 158 g/mol. The Morgan fingerprint density at radius 3 is 2.67 bits per heavy atom. The number of hydroxylamine groups is 1. The van der Waals surface area contributed by atoms with Gasteiger partial charge in [-0.3, -0.25) is 9.63 Å². The van der Waals surface area contributed by atoms with E-state index in [1.165, 1.54) is 0 Å². The normalized spacial score (nSPS) is 10.3. The van der Waals surface area contributed by atoms with E-state index in [0.29, 0.717) is 25.6 Å². The Kier molecular flexibility index (Phi) is 6.70. The number of hydrogen-bond donors (Lipinski definition) is 1. The van der Waals surface area contributed by atoms with Crippen molar-refractivity contribution in [3.8, 4) is 0 Å². The molecule has 4 nitrogen and oxygen atoms in total. The lowest BCUT2D eigenvalue weighted by atomic mass is 10.2. The molecule has 0 aliphatic heterocycles. The maximum Gasteiger partial charge on any atom is 0.245 e. The van der Waals surface area contributed by atoms with Crippen LogP contribution in [0, 0.1) is 5.92 Å².